The van der Waals surface area contributed by atoms with Gasteiger partial charge in [-0.1, -0.05) is 30.3 Å². The van der Waals surface area contributed by atoms with Crippen molar-refractivity contribution in [2.45, 2.75) is 137 Å². The van der Waals surface area contributed by atoms with Crippen molar-refractivity contribution in [3.63, 3.8) is 0 Å². The van der Waals surface area contributed by atoms with Crippen LogP contribution in [-0.4, -0.2) is 145 Å². The van der Waals surface area contributed by atoms with Crippen molar-refractivity contribution in [3.05, 3.63) is 35.9 Å². The number of methoxy groups -OCH3 is 1. The molecule has 0 spiro atoms. The van der Waals surface area contributed by atoms with Gasteiger partial charge in [-0.15, -0.1) is 0 Å². The van der Waals surface area contributed by atoms with Crippen LogP contribution in [0.4, 0.5) is 4.79 Å². The van der Waals surface area contributed by atoms with Crippen molar-refractivity contribution < 1.29 is 57.2 Å². The van der Waals surface area contributed by atoms with Crippen LogP contribution in [-0.2, 0) is 59.0 Å². The number of esters is 5. The van der Waals surface area contributed by atoms with Gasteiger partial charge < -0.3 is 33.7 Å². The molecule has 1 amide bonds. The average Bonchev–Trinajstić information content (AvgIpc) is 3.05. The zero-order valence-electron chi connectivity index (χ0n) is 37.9. The second kappa shape index (κ2) is 24.7. The van der Waals surface area contributed by atoms with Crippen molar-refractivity contribution in [1.82, 2.24) is 20.0 Å². The maximum Gasteiger partial charge on any atom is 0.407 e. The van der Waals surface area contributed by atoms with Crippen molar-refractivity contribution >= 4 is 35.9 Å². The summed E-state index contributed by atoms with van der Waals surface area (Å²) in [6.07, 6.45) is 0.747. The van der Waals surface area contributed by atoms with E-state index >= 15 is 0 Å². The summed E-state index contributed by atoms with van der Waals surface area (Å²) in [5.74, 6) is -2.72. The molecule has 1 atom stereocenters. The summed E-state index contributed by atoms with van der Waals surface area (Å²) >= 11 is 0. The van der Waals surface area contributed by atoms with Crippen LogP contribution in [0.2, 0.25) is 0 Å². The smallest absolute Gasteiger partial charge is 0.407 e. The van der Waals surface area contributed by atoms with Gasteiger partial charge in [-0.05, 0) is 108 Å². The lowest BCUT2D eigenvalue weighted by Gasteiger charge is -2.34. The van der Waals surface area contributed by atoms with Gasteiger partial charge in [0.1, 0.15) is 35.1 Å². The number of ether oxygens (including phenoxy) is 6. The number of nitrogens with zero attached hydrogens (tertiary/aromatic N) is 3. The van der Waals surface area contributed by atoms with Gasteiger partial charge in [-0.2, -0.15) is 0 Å². The monoisotopic (exact) mass is 837 g/mol. The number of alkyl carbamates (subject to hydrolysis) is 1. The SMILES string of the molecule is COC(=O)[C@H](CCCCNC(=O)OCc1ccccc1)N(CCN(CC(=O)OC(C)(C)C)CC(=O)OC(C)(C)C)CCN(CC(=O)OC(C)(C)C)CC(=O)OC(C)(C)C. The Morgan fingerprint density at radius 1 is 0.576 bits per heavy atom. The number of hydrogen-bond acceptors (Lipinski definition) is 15. The van der Waals surface area contributed by atoms with Crippen molar-refractivity contribution in [1.29, 1.82) is 0 Å². The summed E-state index contributed by atoms with van der Waals surface area (Å²) in [4.78, 5) is 82.9. The zero-order valence-corrected chi connectivity index (χ0v) is 37.9. The Morgan fingerprint density at radius 2 is 0.966 bits per heavy atom. The number of nitrogens with one attached hydrogen (secondary N) is 1. The number of benzene rings is 1. The van der Waals surface area contributed by atoms with Crippen LogP contribution in [0, 0.1) is 0 Å². The van der Waals surface area contributed by atoms with Gasteiger partial charge in [0.2, 0.25) is 0 Å². The van der Waals surface area contributed by atoms with Gasteiger partial charge in [-0.3, -0.25) is 38.7 Å². The summed E-state index contributed by atoms with van der Waals surface area (Å²) in [6.45, 7) is 21.0. The summed E-state index contributed by atoms with van der Waals surface area (Å²) < 4.78 is 32.8. The Kier molecular flexibility index (Phi) is 22.1. The lowest BCUT2D eigenvalue weighted by atomic mass is 10.1. The molecule has 1 aromatic rings. The largest absolute Gasteiger partial charge is 0.468 e. The molecule has 0 radical (unpaired) electrons. The normalized spacial score (nSPS) is 12.8. The lowest BCUT2D eigenvalue weighted by Crippen LogP contribution is -2.51. The van der Waals surface area contributed by atoms with E-state index in [1.165, 1.54) is 7.11 Å². The fraction of sp³-hybridized carbons (Fsp3) is 0.721. The van der Waals surface area contributed by atoms with Gasteiger partial charge >= 0.3 is 35.9 Å². The summed E-state index contributed by atoms with van der Waals surface area (Å²) in [5.41, 5.74) is -2.22. The lowest BCUT2D eigenvalue weighted by molar-refractivity contribution is -0.162. The summed E-state index contributed by atoms with van der Waals surface area (Å²) in [6, 6.07) is 8.48. The maximum absolute atomic E-state index is 13.5. The Labute approximate surface area is 351 Å². The second-order valence-corrected chi connectivity index (χ2v) is 18.3. The molecule has 0 saturated carbocycles. The van der Waals surface area contributed by atoms with E-state index in [4.69, 9.17) is 28.4 Å². The van der Waals surface area contributed by atoms with Gasteiger partial charge in [0.25, 0.3) is 0 Å². The molecule has 16 nitrogen and oxygen atoms in total. The highest BCUT2D eigenvalue weighted by Gasteiger charge is 2.31. The van der Waals surface area contributed by atoms with Crippen LogP contribution in [0.25, 0.3) is 0 Å². The first-order valence-corrected chi connectivity index (χ1v) is 20.2. The second-order valence-electron chi connectivity index (χ2n) is 18.3. The van der Waals surface area contributed by atoms with E-state index in [0.29, 0.717) is 25.8 Å². The molecule has 0 heterocycles. The van der Waals surface area contributed by atoms with E-state index in [2.05, 4.69) is 5.32 Å². The molecular weight excluding hydrogens is 764 g/mol. The van der Waals surface area contributed by atoms with E-state index in [1.54, 1.807) is 92.9 Å². The predicted octanol–water partition coefficient (Wildman–Crippen LogP) is 4.90. The molecule has 59 heavy (non-hydrogen) atoms. The molecule has 16 heteroatoms. The fourth-order valence-corrected chi connectivity index (χ4v) is 5.63. The minimum atomic E-state index is -0.820. The van der Waals surface area contributed by atoms with Crippen molar-refractivity contribution in [2.75, 3.05) is 66.0 Å². The Balaban J connectivity index is 3.36. The maximum atomic E-state index is 13.5. The summed E-state index contributed by atoms with van der Waals surface area (Å²) in [7, 11) is 1.28. The first-order valence-electron chi connectivity index (χ1n) is 20.2. The Morgan fingerprint density at radius 3 is 1.32 bits per heavy atom. The van der Waals surface area contributed by atoms with Gasteiger partial charge in [0.05, 0.1) is 33.3 Å². The highest BCUT2D eigenvalue weighted by Crippen LogP contribution is 2.15. The van der Waals surface area contributed by atoms with Crippen molar-refractivity contribution in [2.24, 2.45) is 0 Å². The molecule has 0 saturated heterocycles. The molecule has 0 aliphatic rings. The Hall–Kier alpha value is -4.28. The molecule has 336 valence electrons. The third kappa shape index (κ3) is 27.2. The topological polar surface area (TPSA) is 180 Å². The molecule has 0 aliphatic heterocycles. The number of amides is 1. The van der Waals surface area contributed by atoms with Crippen LogP contribution in [0.15, 0.2) is 30.3 Å². The van der Waals surface area contributed by atoms with Gasteiger partial charge in [0.15, 0.2) is 0 Å². The molecule has 0 unspecified atom stereocenters. The quantitative estimate of drug-likeness (QED) is 0.0894. The molecular formula is C43H72N4O12. The van der Waals surface area contributed by atoms with Gasteiger partial charge in [-0.25, -0.2) is 4.79 Å². The molecule has 1 aromatic carbocycles. The first-order chi connectivity index (χ1) is 27.1. The Bertz CT molecular complexity index is 1350. The minimum Gasteiger partial charge on any atom is -0.468 e. The molecule has 0 bridgehead atoms. The molecule has 1 N–H and O–H groups in total. The number of hydrogen-bond donors (Lipinski definition) is 1. The van der Waals surface area contributed by atoms with E-state index < -0.39 is 64.4 Å². The average molecular weight is 837 g/mol. The van der Waals surface area contributed by atoms with Crippen molar-refractivity contribution in [3.8, 4) is 0 Å². The molecule has 0 fully saturated rings. The van der Waals surface area contributed by atoms with Crippen LogP contribution in [0.5, 0.6) is 0 Å². The fourth-order valence-electron chi connectivity index (χ4n) is 5.63. The minimum absolute atomic E-state index is 0.124. The highest BCUT2D eigenvalue weighted by atomic mass is 16.6. The van der Waals surface area contributed by atoms with Crippen LogP contribution < -0.4 is 5.32 Å². The van der Waals surface area contributed by atoms with Crippen LogP contribution in [0.1, 0.15) is 108 Å². The highest BCUT2D eigenvalue weighted by molar-refractivity contribution is 5.77. The van der Waals surface area contributed by atoms with E-state index in [-0.39, 0.29) is 59.0 Å². The number of unbranched alkanes of at least 4 members (excludes halogenated alkanes) is 1. The molecule has 1 rings (SSSR count). The van der Waals surface area contributed by atoms with E-state index in [1.807, 2.05) is 35.2 Å². The summed E-state index contributed by atoms with van der Waals surface area (Å²) in [5, 5.41) is 2.74. The standard InChI is InChI=1S/C43H72N4O12/c1-40(2,3)56-34(48)27-45(28-35(49)57-41(4,5)6)23-25-47(26-24-46(29-36(50)58-42(7,8)9)30-37(51)59-43(10,11)12)33(38(52)54-13)21-17-18-22-44-39(53)55-31-32-19-15-14-16-20-32/h14-16,19-20,33H,17-18,21-31H2,1-13H3,(H,44,53)/t33-/m0/s1. The molecule has 0 aromatic heterocycles. The number of rotatable bonds is 23. The van der Waals surface area contributed by atoms with Gasteiger partial charge in [0, 0.05) is 32.7 Å². The van der Waals surface area contributed by atoms with E-state index in [9.17, 15) is 28.8 Å². The van der Waals surface area contributed by atoms with E-state index in [0.717, 1.165) is 5.56 Å². The third-order valence-electron chi connectivity index (χ3n) is 7.80. The number of carbonyl (C=O) groups excluding carboxylic acids is 6. The number of carbonyl (C=O) groups is 6. The van der Waals surface area contributed by atoms with Crippen LogP contribution in [0.3, 0.4) is 0 Å². The first kappa shape index (κ1) is 52.7. The predicted molar refractivity (Wildman–Crippen MR) is 222 cm³/mol. The molecule has 0 aliphatic carbocycles. The third-order valence-corrected chi connectivity index (χ3v) is 7.80. The van der Waals surface area contributed by atoms with Crippen LogP contribution >= 0.6 is 0 Å². The zero-order chi connectivity index (χ0) is 45.0.